The number of thioether (sulfide) groups is 1. The van der Waals surface area contributed by atoms with Crippen molar-refractivity contribution in [2.24, 2.45) is 0 Å². The number of Topliss-reactive ketones (excluding diaryl/α,β-unsaturated/α-hetero) is 1. The van der Waals surface area contributed by atoms with Crippen molar-refractivity contribution >= 4 is 34.8 Å². The van der Waals surface area contributed by atoms with Gasteiger partial charge < -0.3 is 5.32 Å². The lowest BCUT2D eigenvalue weighted by Crippen LogP contribution is -2.42. The van der Waals surface area contributed by atoms with E-state index in [1.165, 1.54) is 30.0 Å². The van der Waals surface area contributed by atoms with Crippen LogP contribution in [0.15, 0.2) is 70.4 Å². The number of aromatic nitrogens is 1. The number of amides is 1. The first-order valence-corrected chi connectivity index (χ1v) is 10.5. The zero-order chi connectivity index (χ0) is 19.1. The van der Waals surface area contributed by atoms with E-state index in [-0.39, 0.29) is 17.4 Å². The van der Waals surface area contributed by atoms with E-state index >= 15 is 0 Å². The van der Waals surface area contributed by atoms with Crippen LogP contribution in [-0.2, 0) is 16.0 Å². The summed E-state index contributed by atoms with van der Waals surface area (Å²) in [5.41, 5.74) is 3.00. The monoisotopic (exact) mass is 396 g/mol. The quantitative estimate of drug-likeness (QED) is 0.579. The summed E-state index contributed by atoms with van der Waals surface area (Å²) in [6.45, 7) is 1.51. The molecule has 1 atom stereocenters. The van der Waals surface area contributed by atoms with Crippen LogP contribution < -0.4 is 5.32 Å². The number of hydrogen-bond donors (Lipinski definition) is 1. The van der Waals surface area contributed by atoms with Gasteiger partial charge in [-0.3, -0.25) is 9.59 Å². The topological polar surface area (TPSA) is 59.1 Å². The second kappa shape index (κ2) is 9.48. The lowest BCUT2D eigenvalue weighted by atomic mass is 10.0. The van der Waals surface area contributed by atoms with Crippen molar-refractivity contribution < 1.29 is 9.59 Å². The zero-order valence-corrected chi connectivity index (χ0v) is 16.6. The molecule has 3 aromatic rings. The Morgan fingerprint density at radius 1 is 1.07 bits per heavy atom. The summed E-state index contributed by atoms with van der Waals surface area (Å²) in [5, 5.41) is 4.83. The molecule has 0 unspecified atom stereocenters. The van der Waals surface area contributed by atoms with Crippen LogP contribution in [0.1, 0.15) is 12.5 Å². The Hall–Kier alpha value is -2.44. The molecule has 0 bridgehead atoms. The Bertz CT molecular complexity index is 895. The Morgan fingerprint density at radius 2 is 1.74 bits per heavy atom. The van der Waals surface area contributed by atoms with Gasteiger partial charge in [0.25, 0.3) is 0 Å². The molecule has 0 aliphatic rings. The summed E-state index contributed by atoms with van der Waals surface area (Å²) < 4.78 is 0.839. The maximum absolute atomic E-state index is 12.3. The van der Waals surface area contributed by atoms with Crippen molar-refractivity contribution in [3.05, 3.63) is 71.6 Å². The second-order valence-corrected chi connectivity index (χ2v) is 8.15. The fourth-order valence-corrected chi connectivity index (χ4v) is 4.22. The lowest BCUT2D eigenvalue weighted by Gasteiger charge is -2.15. The second-order valence-electron chi connectivity index (χ2n) is 6.07. The van der Waals surface area contributed by atoms with E-state index in [2.05, 4.69) is 10.3 Å². The van der Waals surface area contributed by atoms with E-state index in [4.69, 9.17) is 0 Å². The van der Waals surface area contributed by atoms with Crippen molar-refractivity contribution in [3.8, 4) is 11.3 Å². The highest BCUT2D eigenvalue weighted by molar-refractivity contribution is 8.01. The molecule has 0 spiro atoms. The molecule has 6 heteroatoms. The predicted octanol–water partition coefficient (Wildman–Crippen LogP) is 4.22. The Labute approximate surface area is 167 Å². The molecule has 0 aliphatic heterocycles. The van der Waals surface area contributed by atoms with Crippen molar-refractivity contribution in [3.63, 3.8) is 0 Å². The third kappa shape index (κ3) is 5.77. The summed E-state index contributed by atoms with van der Waals surface area (Å²) in [7, 11) is 0. The van der Waals surface area contributed by atoms with Crippen molar-refractivity contribution in [2.75, 3.05) is 5.75 Å². The Kier molecular flexibility index (Phi) is 6.79. The number of thiazole rings is 1. The van der Waals surface area contributed by atoms with Gasteiger partial charge in [0.05, 0.1) is 17.5 Å². The molecule has 138 valence electrons. The largest absolute Gasteiger partial charge is 0.345 e. The number of rotatable bonds is 8. The molecule has 0 aliphatic carbocycles. The molecule has 0 saturated carbocycles. The van der Waals surface area contributed by atoms with Gasteiger partial charge in [0.15, 0.2) is 10.1 Å². The summed E-state index contributed by atoms with van der Waals surface area (Å²) in [5.74, 6) is 0.0331. The highest BCUT2D eigenvalue weighted by Gasteiger charge is 2.18. The molecule has 0 radical (unpaired) electrons. The van der Waals surface area contributed by atoms with Crippen LogP contribution >= 0.6 is 23.1 Å². The average molecular weight is 397 g/mol. The van der Waals surface area contributed by atoms with Crippen LogP contribution in [-0.4, -0.2) is 28.5 Å². The fourth-order valence-electron chi connectivity index (χ4n) is 2.57. The molecule has 3 rings (SSSR count). The number of carbonyl (C=O) groups excluding carboxylic acids is 2. The summed E-state index contributed by atoms with van der Waals surface area (Å²) in [4.78, 5) is 28.7. The third-order valence-corrected chi connectivity index (χ3v) is 6.01. The van der Waals surface area contributed by atoms with Crippen LogP contribution in [0.25, 0.3) is 11.3 Å². The molecule has 2 aromatic carbocycles. The van der Waals surface area contributed by atoms with Crippen molar-refractivity contribution in [1.29, 1.82) is 0 Å². The van der Waals surface area contributed by atoms with Crippen LogP contribution in [0.5, 0.6) is 0 Å². The molecule has 1 aromatic heterocycles. The highest BCUT2D eigenvalue weighted by Crippen LogP contribution is 2.28. The van der Waals surface area contributed by atoms with Gasteiger partial charge in [0.1, 0.15) is 0 Å². The van der Waals surface area contributed by atoms with Crippen LogP contribution in [0.3, 0.4) is 0 Å². The molecule has 4 nitrogen and oxygen atoms in total. The van der Waals surface area contributed by atoms with E-state index in [1.54, 1.807) is 0 Å². The van der Waals surface area contributed by atoms with Gasteiger partial charge in [-0.05, 0) is 18.9 Å². The maximum atomic E-state index is 12.3. The van der Waals surface area contributed by atoms with Crippen LogP contribution in [0.4, 0.5) is 0 Å². The normalized spacial score (nSPS) is 11.7. The van der Waals surface area contributed by atoms with E-state index < -0.39 is 6.04 Å². The maximum Gasteiger partial charge on any atom is 0.231 e. The number of benzene rings is 2. The summed E-state index contributed by atoms with van der Waals surface area (Å²) in [6.07, 6.45) is 0.502. The smallest absolute Gasteiger partial charge is 0.231 e. The van der Waals surface area contributed by atoms with Crippen molar-refractivity contribution in [2.45, 2.75) is 23.7 Å². The van der Waals surface area contributed by atoms with E-state index in [0.29, 0.717) is 6.42 Å². The van der Waals surface area contributed by atoms with Crippen LogP contribution in [0, 0.1) is 0 Å². The Balaban J connectivity index is 1.54. The minimum absolute atomic E-state index is 0.0437. The Morgan fingerprint density at radius 3 is 2.41 bits per heavy atom. The highest BCUT2D eigenvalue weighted by atomic mass is 32.2. The first-order valence-electron chi connectivity index (χ1n) is 8.59. The van der Waals surface area contributed by atoms with E-state index in [1.807, 2.05) is 66.0 Å². The standard InChI is InChI=1S/C21H20N2O2S2/c1-15(24)18(12-16-8-4-2-5-9-16)22-20(25)14-27-21-23-19(13-26-21)17-10-6-3-7-11-17/h2-11,13,18H,12,14H2,1H3,(H,22,25)/t18-/m0/s1. The molecular formula is C21H20N2O2S2. The number of carbonyl (C=O) groups is 2. The van der Waals surface area contributed by atoms with Gasteiger partial charge in [-0.2, -0.15) is 0 Å². The van der Waals surface area contributed by atoms with Gasteiger partial charge in [0, 0.05) is 10.9 Å². The molecule has 1 N–H and O–H groups in total. The van der Waals surface area contributed by atoms with Gasteiger partial charge in [-0.25, -0.2) is 4.98 Å². The molecule has 27 heavy (non-hydrogen) atoms. The predicted molar refractivity (Wildman–Crippen MR) is 111 cm³/mol. The first kappa shape index (κ1) is 19.3. The fraction of sp³-hybridized carbons (Fsp3) is 0.190. The summed E-state index contributed by atoms with van der Waals surface area (Å²) in [6, 6.07) is 19.1. The molecule has 0 saturated heterocycles. The van der Waals surface area contributed by atoms with Gasteiger partial charge in [-0.1, -0.05) is 72.4 Å². The molecule has 0 fully saturated rings. The van der Waals surface area contributed by atoms with Gasteiger partial charge >= 0.3 is 0 Å². The van der Waals surface area contributed by atoms with Crippen LogP contribution in [0.2, 0.25) is 0 Å². The SMILES string of the molecule is CC(=O)[C@H](Cc1ccccc1)NC(=O)CSc1nc(-c2ccccc2)cs1. The van der Waals surface area contributed by atoms with E-state index in [9.17, 15) is 9.59 Å². The van der Waals surface area contributed by atoms with Gasteiger partial charge in [0.2, 0.25) is 5.91 Å². The number of hydrogen-bond acceptors (Lipinski definition) is 5. The summed E-state index contributed by atoms with van der Waals surface area (Å²) >= 11 is 2.91. The number of nitrogens with one attached hydrogen (secondary N) is 1. The number of nitrogens with zero attached hydrogens (tertiary/aromatic N) is 1. The lowest BCUT2D eigenvalue weighted by molar-refractivity contribution is -0.125. The first-order chi connectivity index (χ1) is 13.1. The van der Waals surface area contributed by atoms with Gasteiger partial charge in [-0.15, -0.1) is 11.3 Å². The third-order valence-electron chi connectivity index (χ3n) is 3.99. The molecular weight excluding hydrogens is 376 g/mol. The minimum atomic E-state index is -0.503. The zero-order valence-electron chi connectivity index (χ0n) is 14.9. The van der Waals surface area contributed by atoms with E-state index in [0.717, 1.165) is 21.2 Å². The average Bonchev–Trinajstić information content (AvgIpc) is 3.16. The minimum Gasteiger partial charge on any atom is -0.345 e. The van der Waals surface area contributed by atoms with Crippen molar-refractivity contribution in [1.82, 2.24) is 10.3 Å². The molecule has 1 amide bonds. The molecule has 1 heterocycles. The number of ketones is 1.